The van der Waals surface area contributed by atoms with Gasteiger partial charge in [0.2, 0.25) is 0 Å². The van der Waals surface area contributed by atoms with Crippen molar-refractivity contribution in [1.82, 2.24) is 0 Å². The minimum absolute atomic E-state index is 0.0681. The van der Waals surface area contributed by atoms with Crippen LogP contribution in [0.25, 0.3) is 0 Å². The van der Waals surface area contributed by atoms with Crippen LogP contribution in [0.4, 0.5) is 0 Å². The van der Waals surface area contributed by atoms with Crippen molar-refractivity contribution in [1.29, 1.82) is 0 Å². The minimum Gasteiger partial charge on any atom is -0.366 e. The second-order valence-electron chi connectivity index (χ2n) is 4.43. The average Bonchev–Trinajstić information content (AvgIpc) is 2.03. The molecule has 0 rings (SSSR count). The van der Waals surface area contributed by atoms with Crippen LogP contribution in [0.5, 0.6) is 0 Å². The summed E-state index contributed by atoms with van der Waals surface area (Å²) in [6.45, 7) is 8.29. The third-order valence-corrected chi connectivity index (χ3v) is 3.07. The predicted molar refractivity (Wildman–Crippen MR) is 55.4 cm³/mol. The van der Waals surface area contributed by atoms with Gasteiger partial charge in [-0.15, -0.1) is 0 Å². The van der Waals surface area contributed by atoms with E-state index in [0.29, 0.717) is 12.8 Å². The summed E-state index contributed by atoms with van der Waals surface area (Å²) in [5, 5.41) is 19.3. The number of aliphatic hydroxyl groups is 2. The lowest BCUT2D eigenvalue weighted by molar-refractivity contribution is -0.188. The molecule has 0 aliphatic rings. The van der Waals surface area contributed by atoms with E-state index in [1.807, 2.05) is 6.92 Å². The Morgan fingerprint density at radius 2 is 1.46 bits per heavy atom. The molecule has 0 aromatic heterocycles. The highest BCUT2D eigenvalue weighted by atomic mass is 16.5. The van der Waals surface area contributed by atoms with Gasteiger partial charge in [-0.1, -0.05) is 47.0 Å². The molecule has 0 aliphatic heterocycles. The molecule has 0 saturated carbocycles. The summed E-state index contributed by atoms with van der Waals surface area (Å²) < 4.78 is 0. The lowest BCUT2D eigenvalue weighted by Gasteiger charge is -2.34. The van der Waals surface area contributed by atoms with Crippen molar-refractivity contribution in [2.75, 3.05) is 0 Å². The summed E-state index contributed by atoms with van der Waals surface area (Å²) in [7, 11) is 0. The molecule has 0 spiro atoms. The third kappa shape index (κ3) is 4.63. The Morgan fingerprint density at radius 3 is 1.77 bits per heavy atom. The molecule has 0 aromatic carbocycles. The van der Waals surface area contributed by atoms with Gasteiger partial charge in [0.1, 0.15) is 0 Å². The Hall–Kier alpha value is -0.0800. The Balaban J connectivity index is 4.21. The smallest absolute Gasteiger partial charge is 0.162 e. The second kappa shape index (κ2) is 4.97. The van der Waals surface area contributed by atoms with Crippen LogP contribution in [0, 0.1) is 5.41 Å². The summed E-state index contributed by atoms with van der Waals surface area (Å²) >= 11 is 0. The van der Waals surface area contributed by atoms with E-state index < -0.39 is 5.79 Å². The first-order chi connectivity index (χ1) is 5.89. The first-order valence-corrected chi connectivity index (χ1v) is 5.34. The van der Waals surface area contributed by atoms with Gasteiger partial charge in [0.15, 0.2) is 5.79 Å². The van der Waals surface area contributed by atoms with Crippen LogP contribution >= 0.6 is 0 Å². The summed E-state index contributed by atoms with van der Waals surface area (Å²) in [5.41, 5.74) is 0.0681. The van der Waals surface area contributed by atoms with Crippen molar-refractivity contribution >= 4 is 0 Å². The molecule has 0 unspecified atom stereocenters. The van der Waals surface area contributed by atoms with Gasteiger partial charge in [0.25, 0.3) is 0 Å². The SMILES string of the molecule is CCCC(O)(O)CC(C)(CC)CC. The lowest BCUT2D eigenvalue weighted by Crippen LogP contribution is -2.35. The molecule has 2 nitrogen and oxygen atoms in total. The zero-order chi connectivity index (χ0) is 10.5. The van der Waals surface area contributed by atoms with Gasteiger partial charge in [-0.3, -0.25) is 0 Å². The lowest BCUT2D eigenvalue weighted by atomic mass is 9.77. The highest BCUT2D eigenvalue weighted by molar-refractivity contribution is 4.78. The summed E-state index contributed by atoms with van der Waals surface area (Å²) in [6, 6.07) is 0. The van der Waals surface area contributed by atoms with Gasteiger partial charge >= 0.3 is 0 Å². The molecule has 0 atom stereocenters. The van der Waals surface area contributed by atoms with Gasteiger partial charge in [-0.25, -0.2) is 0 Å². The maximum atomic E-state index is 9.67. The largest absolute Gasteiger partial charge is 0.366 e. The molecular formula is C11H24O2. The molecule has 0 heterocycles. The van der Waals surface area contributed by atoms with Gasteiger partial charge in [-0.2, -0.15) is 0 Å². The minimum atomic E-state index is -1.46. The molecule has 80 valence electrons. The van der Waals surface area contributed by atoms with Gasteiger partial charge < -0.3 is 10.2 Å². The molecule has 2 heteroatoms. The summed E-state index contributed by atoms with van der Waals surface area (Å²) in [6.07, 6.45) is 3.77. The van der Waals surface area contributed by atoms with Gasteiger partial charge in [0.05, 0.1) is 0 Å². The topological polar surface area (TPSA) is 40.5 Å². The van der Waals surface area contributed by atoms with E-state index in [1.54, 1.807) is 0 Å². The molecule has 0 radical (unpaired) electrons. The molecule has 0 aromatic rings. The number of hydrogen-bond acceptors (Lipinski definition) is 2. The van der Waals surface area contributed by atoms with E-state index in [9.17, 15) is 10.2 Å². The molecule has 0 saturated heterocycles. The Bertz CT molecular complexity index is 137. The van der Waals surface area contributed by atoms with Crippen LogP contribution in [-0.2, 0) is 0 Å². The number of hydrogen-bond donors (Lipinski definition) is 2. The van der Waals surface area contributed by atoms with Crippen LogP contribution in [0.3, 0.4) is 0 Å². The van der Waals surface area contributed by atoms with Crippen LogP contribution in [0.2, 0.25) is 0 Å². The Labute approximate surface area is 82.0 Å². The van der Waals surface area contributed by atoms with Crippen LogP contribution in [0.1, 0.15) is 59.8 Å². The van der Waals surface area contributed by atoms with Crippen molar-refractivity contribution in [3.8, 4) is 0 Å². The van der Waals surface area contributed by atoms with Gasteiger partial charge in [0, 0.05) is 12.8 Å². The van der Waals surface area contributed by atoms with Crippen LogP contribution < -0.4 is 0 Å². The fourth-order valence-electron chi connectivity index (χ4n) is 1.67. The first-order valence-electron chi connectivity index (χ1n) is 5.34. The van der Waals surface area contributed by atoms with E-state index in [4.69, 9.17) is 0 Å². The van der Waals surface area contributed by atoms with Crippen molar-refractivity contribution < 1.29 is 10.2 Å². The molecule has 2 N–H and O–H groups in total. The Morgan fingerprint density at radius 1 is 1.00 bits per heavy atom. The van der Waals surface area contributed by atoms with E-state index in [2.05, 4.69) is 20.8 Å². The molecule has 0 aliphatic carbocycles. The fourth-order valence-corrected chi connectivity index (χ4v) is 1.67. The van der Waals surface area contributed by atoms with Crippen LogP contribution in [0.15, 0.2) is 0 Å². The zero-order valence-electron chi connectivity index (χ0n) is 9.43. The molecule has 0 bridgehead atoms. The number of rotatable bonds is 6. The van der Waals surface area contributed by atoms with Crippen molar-refractivity contribution in [3.05, 3.63) is 0 Å². The highest BCUT2D eigenvalue weighted by Gasteiger charge is 2.32. The van der Waals surface area contributed by atoms with Crippen molar-refractivity contribution in [2.45, 2.75) is 65.6 Å². The van der Waals surface area contributed by atoms with Crippen molar-refractivity contribution in [2.24, 2.45) is 5.41 Å². The first kappa shape index (κ1) is 12.9. The predicted octanol–water partition coefficient (Wildman–Crippen LogP) is 2.68. The van der Waals surface area contributed by atoms with E-state index in [0.717, 1.165) is 19.3 Å². The van der Waals surface area contributed by atoms with Gasteiger partial charge in [-0.05, 0) is 5.41 Å². The second-order valence-corrected chi connectivity index (χ2v) is 4.43. The van der Waals surface area contributed by atoms with E-state index >= 15 is 0 Å². The fraction of sp³-hybridized carbons (Fsp3) is 1.00. The Kier molecular flexibility index (Phi) is 4.93. The van der Waals surface area contributed by atoms with E-state index in [-0.39, 0.29) is 5.41 Å². The van der Waals surface area contributed by atoms with Crippen molar-refractivity contribution in [3.63, 3.8) is 0 Å². The summed E-state index contributed by atoms with van der Waals surface area (Å²) in [5.74, 6) is -1.46. The molecule has 0 fully saturated rings. The molecular weight excluding hydrogens is 164 g/mol. The molecule has 0 amide bonds. The standard InChI is InChI=1S/C11H24O2/c1-5-8-11(12,13)9-10(4,6-2)7-3/h12-13H,5-9H2,1-4H3. The zero-order valence-corrected chi connectivity index (χ0v) is 9.43. The highest BCUT2D eigenvalue weighted by Crippen LogP contribution is 2.35. The summed E-state index contributed by atoms with van der Waals surface area (Å²) in [4.78, 5) is 0. The van der Waals surface area contributed by atoms with Crippen LogP contribution in [-0.4, -0.2) is 16.0 Å². The quantitative estimate of drug-likeness (QED) is 0.629. The molecule has 13 heavy (non-hydrogen) atoms. The normalized spacial score (nSPS) is 13.4. The average molecular weight is 188 g/mol. The third-order valence-electron chi connectivity index (χ3n) is 3.07. The van der Waals surface area contributed by atoms with E-state index in [1.165, 1.54) is 0 Å². The maximum absolute atomic E-state index is 9.67. The monoisotopic (exact) mass is 188 g/mol. The maximum Gasteiger partial charge on any atom is 0.162 e.